The van der Waals surface area contributed by atoms with Crippen LogP contribution in [0.1, 0.15) is 22.6 Å². The van der Waals surface area contributed by atoms with Crippen LogP contribution in [0, 0.1) is 6.92 Å². The van der Waals surface area contributed by atoms with Crippen LogP contribution in [0.25, 0.3) is 0 Å². The molecule has 2 aliphatic heterocycles. The summed E-state index contributed by atoms with van der Waals surface area (Å²) < 4.78 is 0.718. The van der Waals surface area contributed by atoms with E-state index >= 15 is 0 Å². The Bertz CT molecular complexity index is 911. The third-order valence-electron chi connectivity index (χ3n) is 4.79. The molecule has 2 heterocycles. The first-order chi connectivity index (χ1) is 11.4. The van der Waals surface area contributed by atoms with Gasteiger partial charge in [0, 0.05) is 22.8 Å². The lowest BCUT2D eigenvalue weighted by Crippen LogP contribution is -2.45. The number of anilines is 2. The summed E-state index contributed by atoms with van der Waals surface area (Å²) >= 11 is 3.47. The molecule has 5 nitrogen and oxygen atoms in total. The largest absolute Gasteiger partial charge is 0.374 e. The second-order valence-electron chi connectivity index (χ2n) is 6.28. The zero-order chi connectivity index (χ0) is 17.2. The van der Waals surface area contributed by atoms with Crippen LogP contribution in [0.2, 0.25) is 0 Å². The Morgan fingerprint density at radius 3 is 2.71 bits per heavy atom. The van der Waals surface area contributed by atoms with Crippen LogP contribution >= 0.6 is 15.9 Å². The van der Waals surface area contributed by atoms with E-state index in [1.54, 1.807) is 31.3 Å². The molecule has 24 heavy (non-hydrogen) atoms. The highest BCUT2D eigenvalue weighted by molar-refractivity contribution is 9.10. The number of benzene rings is 2. The molecule has 2 aliphatic rings. The highest BCUT2D eigenvalue weighted by Gasteiger charge is 2.59. The molecule has 2 N–H and O–H groups in total. The second kappa shape index (κ2) is 4.91. The van der Waals surface area contributed by atoms with E-state index in [1.165, 1.54) is 4.90 Å². The highest BCUT2D eigenvalue weighted by atomic mass is 79.9. The Kier molecular flexibility index (Phi) is 3.14. The predicted octanol–water partition coefficient (Wildman–Crippen LogP) is 2.66. The molecule has 0 spiro atoms. The Labute approximate surface area is 147 Å². The van der Waals surface area contributed by atoms with Crippen molar-refractivity contribution in [1.29, 1.82) is 0 Å². The quantitative estimate of drug-likeness (QED) is 0.791. The third-order valence-corrected chi connectivity index (χ3v) is 5.40. The number of carbonyl (C=O) groups is 2. The van der Waals surface area contributed by atoms with Gasteiger partial charge in [-0.3, -0.25) is 9.59 Å². The van der Waals surface area contributed by atoms with E-state index in [1.807, 2.05) is 19.1 Å². The number of hydrogen-bond donors (Lipinski definition) is 2. The molecule has 2 aromatic carbocycles. The Morgan fingerprint density at radius 2 is 1.96 bits per heavy atom. The maximum atomic E-state index is 13.0. The lowest BCUT2D eigenvalue weighted by molar-refractivity contribution is -0.143. The first kappa shape index (κ1) is 15.4. The first-order valence-corrected chi connectivity index (χ1v) is 8.36. The second-order valence-corrected chi connectivity index (χ2v) is 7.14. The fraction of sp³-hybridized carbons (Fsp3) is 0.222. The van der Waals surface area contributed by atoms with E-state index in [-0.39, 0.29) is 5.91 Å². The molecule has 0 aliphatic carbocycles. The van der Waals surface area contributed by atoms with Crippen molar-refractivity contribution in [1.82, 2.24) is 0 Å². The summed E-state index contributed by atoms with van der Waals surface area (Å²) in [5.74, 6) is -1.84. The number of aryl methyl sites for hydroxylation is 1. The average molecular weight is 387 g/mol. The summed E-state index contributed by atoms with van der Waals surface area (Å²) in [5.41, 5.74) is 1.31. The van der Waals surface area contributed by atoms with Crippen molar-refractivity contribution >= 4 is 39.1 Å². The third kappa shape index (κ3) is 1.78. The number of halogens is 1. The summed E-state index contributed by atoms with van der Waals surface area (Å²) in [4.78, 5) is 27.0. The van der Waals surface area contributed by atoms with Crippen molar-refractivity contribution in [3.63, 3.8) is 0 Å². The molecule has 122 valence electrons. The maximum Gasteiger partial charge on any atom is 0.264 e. The minimum atomic E-state index is -1.92. The van der Waals surface area contributed by atoms with Crippen molar-refractivity contribution < 1.29 is 14.7 Å². The number of likely N-dealkylation sites (N-methyl/N-ethyl adjacent to an activating group) is 1. The van der Waals surface area contributed by atoms with Crippen molar-refractivity contribution in [3.8, 4) is 0 Å². The topological polar surface area (TPSA) is 69.6 Å². The molecule has 0 fully saturated rings. The fourth-order valence-electron chi connectivity index (χ4n) is 3.74. The molecule has 0 aromatic heterocycles. The minimum Gasteiger partial charge on any atom is -0.374 e. The van der Waals surface area contributed by atoms with Crippen LogP contribution in [0.15, 0.2) is 40.9 Å². The first-order valence-electron chi connectivity index (χ1n) is 7.56. The van der Waals surface area contributed by atoms with Gasteiger partial charge in [-0.15, -0.1) is 0 Å². The SMILES string of the molecule is Cc1cc(Br)c2c(c1)[C@](O)([C@H]1C(=O)Nc3ccccc31)C(=O)N2C. The normalized spacial score (nSPS) is 24.8. The van der Waals surface area contributed by atoms with Crippen LogP contribution < -0.4 is 10.2 Å². The monoisotopic (exact) mass is 386 g/mol. The van der Waals surface area contributed by atoms with Crippen molar-refractivity contribution in [2.75, 3.05) is 17.3 Å². The molecule has 0 unspecified atom stereocenters. The molecule has 0 saturated carbocycles. The number of rotatable bonds is 1. The van der Waals surface area contributed by atoms with Gasteiger partial charge < -0.3 is 15.3 Å². The summed E-state index contributed by atoms with van der Waals surface area (Å²) in [7, 11) is 1.61. The molecule has 2 atom stereocenters. The van der Waals surface area contributed by atoms with Crippen LogP contribution in [0.5, 0.6) is 0 Å². The fourth-order valence-corrected chi connectivity index (χ4v) is 4.58. The van der Waals surface area contributed by atoms with Crippen LogP contribution in [0.4, 0.5) is 11.4 Å². The molecule has 0 radical (unpaired) electrons. The molecule has 4 rings (SSSR count). The van der Waals surface area contributed by atoms with Crippen LogP contribution in [-0.4, -0.2) is 24.0 Å². The zero-order valence-corrected chi connectivity index (χ0v) is 14.7. The van der Waals surface area contributed by atoms with Crippen LogP contribution in [-0.2, 0) is 15.2 Å². The molecule has 0 bridgehead atoms. The van der Waals surface area contributed by atoms with E-state index in [0.717, 1.165) is 10.0 Å². The van der Waals surface area contributed by atoms with Gasteiger partial charge in [-0.2, -0.15) is 0 Å². The number of carbonyl (C=O) groups excluding carboxylic acids is 2. The summed E-state index contributed by atoms with van der Waals surface area (Å²) in [6, 6.07) is 10.8. The predicted molar refractivity (Wildman–Crippen MR) is 94.0 cm³/mol. The van der Waals surface area contributed by atoms with Crippen molar-refractivity contribution in [2.45, 2.75) is 18.4 Å². The molecule has 0 saturated heterocycles. The van der Waals surface area contributed by atoms with Gasteiger partial charge in [0.2, 0.25) is 5.91 Å². The van der Waals surface area contributed by atoms with Gasteiger partial charge in [-0.25, -0.2) is 0 Å². The smallest absolute Gasteiger partial charge is 0.264 e. The van der Waals surface area contributed by atoms with Crippen molar-refractivity contribution in [3.05, 3.63) is 57.6 Å². The molecule has 6 heteroatoms. The van der Waals surface area contributed by atoms with Gasteiger partial charge in [-0.1, -0.05) is 24.3 Å². The Hall–Kier alpha value is -2.18. The highest BCUT2D eigenvalue weighted by Crippen LogP contribution is 2.53. The van der Waals surface area contributed by atoms with Gasteiger partial charge in [0.05, 0.1) is 5.69 Å². The molecule has 2 aromatic rings. The number of nitrogens with one attached hydrogen (secondary N) is 1. The number of nitrogens with zero attached hydrogens (tertiary/aromatic N) is 1. The van der Waals surface area contributed by atoms with Gasteiger partial charge >= 0.3 is 0 Å². The van der Waals surface area contributed by atoms with Gasteiger partial charge in [0.15, 0.2) is 5.60 Å². The summed E-state index contributed by atoms with van der Waals surface area (Å²) in [6.45, 7) is 1.89. The standard InChI is InChI=1S/C18H15BrN2O3/c1-9-7-11-15(12(19)8-9)21(2)17(23)18(11,24)14-10-5-3-4-6-13(10)20-16(14)22/h3-8,14,24H,1-2H3,(H,20,22)/t14-,18+/m1/s1. The van der Waals surface area contributed by atoms with E-state index in [2.05, 4.69) is 21.2 Å². The van der Waals surface area contributed by atoms with Crippen LogP contribution in [0.3, 0.4) is 0 Å². The lowest BCUT2D eigenvalue weighted by atomic mass is 9.78. The number of amides is 2. The number of fused-ring (bicyclic) bond motifs is 2. The molecular formula is C18H15BrN2O3. The zero-order valence-electron chi connectivity index (χ0n) is 13.1. The van der Waals surface area contributed by atoms with Gasteiger partial charge in [0.1, 0.15) is 5.92 Å². The van der Waals surface area contributed by atoms with E-state index in [9.17, 15) is 14.7 Å². The number of hydrogen-bond acceptors (Lipinski definition) is 3. The summed E-state index contributed by atoms with van der Waals surface area (Å²) in [6.07, 6.45) is 0. The van der Waals surface area contributed by atoms with Crippen molar-refractivity contribution in [2.24, 2.45) is 0 Å². The maximum absolute atomic E-state index is 13.0. The average Bonchev–Trinajstić information content (AvgIpc) is 2.96. The Morgan fingerprint density at radius 1 is 1.25 bits per heavy atom. The minimum absolute atomic E-state index is 0.370. The Balaban J connectivity index is 2.00. The van der Waals surface area contributed by atoms with E-state index in [0.29, 0.717) is 22.5 Å². The number of aliphatic hydroxyl groups is 1. The van der Waals surface area contributed by atoms with Gasteiger partial charge in [-0.05, 0) is 46.1 Å². The lowest BCUT2D eigenvalue weighted by Gasteiger charge is -2.27. The van der Waals surface area contributed by atoms with E-state index in [4.69, 9.17) is 0 Å². The molecule has 2 amide bonds. The van der Waals surface area contributed by atoms with Gasteiger partial charge in [0.25, 0.3) is 5.91 Å². The van der Waals surface area contributed by atoms with E-state index < -0.39 is 17.4 Å². The summed E-state index contributed by atoms with van der Waals surface area (Å²) in [5, 5.41) is 14.2. The number of para-hydroxylation sites is 1. The molecular weight excluding hydrogens is 372 g/mol.